The lowest BCUT2D eigenvalue weighted by atomic mass is 10.2. The standard InChI is InChI=1S/C21H21N5O2S2/c1-14-6-7-18-22-15(10-19(27)25(18)11-14)13-30-21-24-23-20(17-5-3-9-29-17)26(21)12-16-4-2-8-28-16/h3,5-7,9-11,16H,2,4,8,12-13H2,1H3. The quantitative estimate of drug-likeness (QED) is 0.426. The van der Waals surface area contributed by atoms with E-state index in [0.29, 0.717) is 11.4 Å². The van der Waals surface area contributed by atoms with E-state index in [1.807, 2.05) is 36.7 Å². The van der Waals surface area contributed by atoms with Gasteiger partial charge in [-0.1, -0.05) is 23.9 Å². The number of thiophene rings is 1. The molecule has 0 saturated carbocycles. The Morgan fingerprint density at radius 2 is 2.23 bits per heavy atom. The minimum Gasteiger partial charge on any atom is -0.376 e. The minimum absolute atomic E-state index is 0.0700. The van der Waals surface area contributed by atoms with Gasteiger partial charge in [0.25, 0.3) is 5.56 Å². The number of rotatable bonds is 6. The Labute approximate surface area is 181 Å². The highest BCUT2D eigenvalue weighted by Crippen LogP contribution is 2.30. The Hall–Kier alpha value is -2.49. The minimum atomic E-state index is -0.0700. The molecule has 0 radical (unpaired) electrons. The fraction of sp³-hybridized carbons (Fsp3) is 0.333. The van der Waals surface area contributed by atoms with Crippen LogP contribution in [-0.2, 0) is 17.0 Å². The van der Waals surface area contributed by atoms with Gasteiger partial charge in [0.15, 0.2) is 11.0 Å². The SMILES string of the molecule is Cc1ccc2nc(CSc3nnc(-c4cccs4)n3CC3CCCO3)cc(=O)n2c1. The largest absolute Gasteiger partial charge is 0.376 e. The first-order valence-electron chi connectivity index (χ1n) is 9.88. The summed E-state index contributed by atoms with van der Waals surface area (Å²) in [5, 5.41) is 11.8. The lowest BCUT2D eigenvalue weighted by molar-refractivity contribution is 0.0953. The third-order valence-electron chi connectivity index (χ3n) is 5.08. The van der Waals surface area contributed by atoms with Gasteiger partial charge in [-0.05, 0) is 42.8 Å². The molecule has 0 amide bonds. The molecule has 1 aliphatic rings. The molecule has 1 atom stereocenters. The maximum atomic E-state index is 12.5. The molecule has 4 aromatic rings. The fourth-order valence-corrected chi connectivity index (χ4v) is 5.17. The molecule has 154 valence electrons. The molecule has 5 rings (SSSR count). The van der Waals surface area contributed by atoms with E-state index in [1.165, 1.54) is 0 Å². The zero-order valence-corrected chi connectivity index (χ0v) is 18.2. The van der Waals surface area contributed by atoms with Gasteiger partial charge in [0.05, 0.1) is 23.2 Å². The summed E-state index contributed by atoms with van der Waals surface area (Å²) >= 11 is 3.20. The number of hydrogen-bond donors (Lipinski definition) is 0. The van der Waals surface area contributed by atoms with Crippen molar-refractivity contribution < 1.29 is 4.74 Å². The van der Waals surface area contributed by atoms with Crippen LogP contribution in [-0.4, -0.2) is 36.9 Å². The summed E-state index contributed by atoms with van der Waals surface area (Å²) in [5.41, 5.74) is 2.35. The summed E-state index contributed by atoms with van der Waals surface area (Å²) in [7, 11) is 0. The Morgan fingerprint density at radius 1 is 1.30 bits per heavy atom. The first-order chi connectivity index (χ1) is 14.7. The van der Waals surface area contributed by atoms with Gasteiger partial charge in [-0.2, -0.15) is 0 Å². The van der Waals surface area contributed by atoms with Crippen molar-refractivity contribution >= 4 is 28.7 Å². The van der Waals surface area contributed by atoms with Crippen molar-refractivity contribution in [3.05, 3.63) is 63.5 Å². The normalized spacial score (nSPS) is 16.5. The number of fused-ring (bicyclic) bond motifs is 1. The number of nitrogens with zero attached hydrogens (tertiary/aromatic N) is 5. The lowest BCUT2D eigenvalue weighted by Gasteiger charge is -2.14. The maximum absolute atomic E-state index is 12.5. The van der Waals surface area contributed by atoms with E-state index in [1.54, 1.807) is 33.6 Å². The van der Waals surface area contributed by atoms with Gasteiger partial charge in [-0.15, -0.1) is 21.5 Å². The number of pyridine rings is 1. The average Bonchev–Trinajstić information content (AvgIpc) is 3.50. The predicted octanol–water partition coefficient (Wildman–Crippen LogP) is 3.79. The zero-order valence-electron chi connectivity index (χ0n) is 16.5. The first-order valence-corrected chi connectivity index (χ1v) is 11.7. The van der Waals surface area contributed by atoms with Crippen molar-refractivity contribution in [2.45, 2.75) is 43.3 Å². The Bertz CT molecular complexity index is 1230. The molecule has 1 saturated heterocycles. The summed E-state index contributed by atoms with van der Waals surface area (Å²) in [6, 6.07) is 9.51. The molecule has 4 aromatic heterocycles. The molecular formula is C21H21N5O2S2. The highest BCUT2D eigenvalue weighted by molar-refractivity contribution is 7.98. The predicted molar refractivity (Wildman–Crippen MR) is 118 cm³/mol. The summed E-state index contributed by atoms with van der Waals surface area (Å²) < 4.78 is 9.58. The van der Waals surface area contributed by atoms with Crippen LogP contribution in [0.15, 0.2) is 51.9 Å². The van der Waals surface area contributed by atoms with Gasteiger partial charge in [-0.3, -0.25) is 13.8 Å². The summed E-state index contributed by atoms with van der Waals surface area (Å²) in [6.45, 7) is 3.51. The molecule has 0 aromatic carbocycles. The second-order valence-corrected chi connectivity index (χ2v) is 9.23. The van der Waals surface area contributed by atoms with E-state index in [0.717, 1.165) is 53.1 Å². The van der Waals surface area contributed by atoms with Crippen molar-refractivity contribution in [3.8, 4) is 10.7 Å². The van der Waals surface area contributed by atoms with E-state index in [2.05, 4.69) is 25.8 Å². The molecule has 0 aliphatic carbocycles. The number of ether oxygens (including phenoxy) is 1. The topological polar surface area (TPSA) is 74.3 Å². The number of thioether (sulfide) groups is 1. The molecule has 7 nitrogen and oxygen atoms in total. The van der Waals surface area contributed by atoms with Crippen molar-refractivity contribution in [2.24, 2.45) is 0 Å². The molecule has 1 fully saturated rings. The maximum Gasteiger partial charge on any atom is 0.258 e. The van der Waals surface area contributed by atoms with Crippen LogP contribution in [0.4, 0.5) is 0 Å². The third kappa shape index (κ3) is 3.92. The van der Waals surface area contributed by atoms with Gasteiger partial charge in [0, 0.05) is 24.6 Å². The third-order valence-corrected chi connectivity index (χ3v) is 6.94. The zero-order chi connectivity index (χ0) is 20.5. The van der Waals surface area contributed by atoms with Crippen LogP contribution < -0.4 is 5.56 Å². The molecule has 1 aliphatic heterocycles. The van der Waals surface area contributed by atoms with E-state index in [4.69, 9.17) is 4.74 Å². The summed E-state index contributed by atoms with van der Waals surface area (Å²) in [6.07, 6.45) is 4.14. The first kappa shape index (κ1) is 19.5. The highest BCUT2D eigenvalue weighted by Gasteiger charge is 2.22. The molecule has 0 bridgehead atoms. The van der Waals surface area contributed by atoms with Crippen molar-refractivity contribution in [2.75, 3.05) is 6.61 Å². The van der Waals surface area contributed by atoms with Crippen molar-refractivity contribution in [3.63, 3.8) is 0 Å². The molecule has 0 N–H and O–H groups in total. The van der Waals surface area contributed by atoms with Crippen molar-refractivity contribution in [1.29, 1.82) is 0 Å². The Balaban J connectivity index is 1.42. The Morgan fingerprint density at radius 3 is 3.03 bits per heavy atom. The van der Waals surface area contributed by atoms with Crippen LogP contribution in [0.2, 0.25) is 0 Å². The summed E-state index contributed by atoms with van der Waals surface area (Å²) in [5.74, 6) is 1.42. The van der Waals surface area contributed by atoms with Gasteiger partial charge in [0.1, 0.15) is 5.65 Å². The number of aryl methyl sites for hydroxylation is 1. The fourth-order valence-electron chi connectivity index (χ4n) is 3.61. The summed E-state index contributed by atoms with van der Waals surface area (Å²) in [4.78, 5) is 18.2. The van der Waals surface area contributed by atoms with Crippen molar-refractivity contribution in [1.82, 2.24) is 24.1 Å². The highest BCUT2D eigenvalue weighted by atomic mass is 32.2. The van der Waals surface area contributed by atoms with Crippen LogP contribution in [0.25, 0.3) is 16.3 Å². The van der Waals surface area contributed by atoms with Gasteiger partial charge < -0.3 is 4.74 Å². The number of aromatic nitrogens is 5. The van der Waals surface area contributed by atoms with E-state index < -0.39 is 0 Å². The second kappa shape index (κ2) is 8.33. The van der Waals surface area contributed by atoms with E-state index in [-0.39, 0.29) is 11.7 Å². The average molecular weight is 440 g/mol. The number of hydrogen-bond acceptors (Lipinski definition) is 7. The smallest absolute Gasteiger partial charge is 0.258 e. The molecule has 1 unspecified atom stereocenters. The van der Waals surface area contributed by atoms with Crippen LogP contribution in [0, 0.1) is 6.92 Å². The van der Waals surface area contributed by atoms with Crippen LogP contribution in [0.3, 0.4) is 0 Å². The molecular weight excluding hydrogens is 418 g/mol. The monoisotopic (exact) mass is 439 g/mol. The van der Waals surface area contributed by atoms with E-state index >= 15 is 0 Å². The van der Waals surface area contributed by atoms with E-state index in [9.17, 15) is 4.79 Å². The van der Waals surface area contributed by atoms with Gasteiger partial charge >= 0.3 is 0 Å². The molecule has 30 heavy (non-hydrogen) atoms. The van der Waals surface area contributed by atoms with Gasteiger partial charge in [-0.25, -0.2) is 4.98 Å². The second-order valence-electron chi connectivity index (χ2n) is 7.34. The van der Waals surface area contributed by atoms with Gasteiger partial charge in [0.2, 0.25) is 0 Å². The molecule has 5 heterocycles. The van der Waals surface area contributed by atoms with Crippen LogP contribution in [0.5, 0.6) is 0 Å². The molecule has 9 heteroatoms. The lowest BCUT2D eigenvalue weighted by Crippen LogP contribution is -2.17. The van der Waals surface area contributed by atoms with Crippen LogP contribution in [0.1, 0.15) is 24.1 Å². The van der Waals surface area contributed by atoms with Crippen LogP contribution >= 0.6 is 23.1 Å². The molecule has 0 spiro atoms. The Kier molecular flexibility index (Phi) is 5.41.